The van der Waals surface area contributed by atoms with Crippen molar-refractivity contribution < 1.29 is 9.90 Å². The number of aliphatic hydroxyl groups is 1. The average molecular weight is 211 g/mol. The fraction of sp³-hybridized carbons (Fsp3) is 0.917. The third-order valence-electron chi connectivity index (χ3n) is 3.92. The Labute approximate surface area is 91.5 Å². The van der Waals surface area contributed by atoms with Crippen LogP contribution in [0.3, 0.4) is 0 Å². The molecule has 0 aromatic rings. The van der Waals surface area contributed by atoms with Gasteiger partial charge in [-0.05, 0) is 26.3 Å². The fourth-order valence-corrected chi connectivity index (χ4v) is 2.96. The van der Waals surface area contributed by atoms with Gasteiger partial charge in [-0.2, -0.15) is 0 Å². The molecule has 0 radical (unpaired) electrons. The van der Waals surface area contributed by atoms with E-state index < -0.39 is 5.60 Å². The predicted molar refractivity (Wildman–Crippen MR) is 58.7 cm³/mol. The number of nitrogens with zero attached hydrogens (tertiary/aromatic N) is 1. The standard InChI is InChI=1S/C12H21NO2/c1-13(10-4-5-11(14)8-10)9-12(15)6-2-3-7-12/h10,15H,2-9H2,1H3. The maximum absolute atomic E-state index is 11.2. The molecule has 0 aromatic heterocycles. The molecule has 1 unspecified atom stereocenters. The van der Waals surface area contributed by atoms with Crippen LogP contribution >= 0.6 is 0 Å². The average Bonchev–Trinajstić information content (AvgIpc) is 2.75. The van der Waals surface area contributed by atoms with Gasteiger partial charge in [0.15, 0.2) is 0 Å². The van der Waals surface area contributed by atoms with Crippen LogP contribution in [-0.4, -0.2) is 41.0 Å². The molecule has 2 saturated carbocycles. The highest BCUT2D eigenvalue weighted by molar-refractivity contribution is 5.81. The van der Waals surface area contributed by atoms with E-state index in [2.05, 4.69) is 4.90 Å². The van der Waals surface area contributed by atoms with Crippen molar-refractivity contribution in [1.29, 1.82) is 0 Å². The molecule has 0 saturated heterocycles. The normalized spacial score (nSPS) is 30.3. The van der Waals surface area contributed by atoms with Crippen molar-refractivity contribution in [1.82, 2.24) is 4.90 Å². The molecule has 0 heterocycles. The third-order valence-corrected chi connectivity index (χ3v) is 3.92. The van der Waals surface area contributed by atoms with Gasteiger partial charge in [0.05, 0.1) is 5.60 Å². The van der Waals surface area contributed by atoms with Gasteiger partial charge in [0, 0.05) is 25.4 Å². The molecule has 0 bridgehead atoms. The molecule has 2 aliphatic rings. The molecule has 3 heteroatoms. The second-order valence-corrected chi connectivity index (χ2v) is 5.28. The number of rotatable bonds is 3. The highest BCUT2D eigenvalue weighted by Gasteiger charge is 2.35. The summed E-state index contributed by atoms with van der Waals surface area (Å²) in [5.41, 5.74) is -0.472. The zero-order valence-corrected chi connectivity index (χ0v) is 9.54. The summed E-state index contributed by atoms with van der Waals surface area (Å²) >= 11 is 0. The van der Waals surface area contributed by atoms with Crippen LogP contribution in [0.25, 0.3) is 0 Å². The number of hydrogen-bond donors (Lipinski definition) is 1. The van der Waals surface area contributed by atoms with E-state index >= 15 is 0 Å². The Morgan fingerprint density at radius 3 is 2.67 bits per heavy atom. The quantitative estimate of drug-likeness (QED) is 0.766. The lowest BCUT2D eigenvalue weighted by molar-refractivity contribution is -0.117. The maximum Gasteiger partial charge on any atom is 0.134 e. The van der Waals surface area contributed by atoms with E-state index in [-0.39, 0.29) is 0 Å². The minimum Gasteiger partial charge on any atom is -0.389 e. The molecule has 3 nitrogen and oxygen atoms in total. The zero-order chi connectivity index (χ0) is 10.9. The number of Topliss-reactive ketones (excluding diaryl/α,β-unsaturated/α-hetero) is 1. The van der Waals surface area contributed by atoms with Crippen LogP contribution in [-0.2, 0) is 4.79 Å². The number of likely N-dealkylation sites (N-methyl/N-ethyl adjacent to an activating group) is 1. The minimum absolute atomic E-state index is 0.377. The number of carbonyl (C=O) groups is 1. The number of carbonyl (C=O) groups excluding carboxylic acids is 1. The van der Waals surface area contributed by atoms with Gasteiger partial charge in [0.1, 0.15) is 5.78 Å². The van der Waals surface area contributed by atoms with Gasteiger partial charge in [0.25, 0.3) is 0 Å². The van der Waals surface area contributed by atoms with Gasteiger partial charge in [-0.15, -0.1) is 0 Å². The highest BCUT2D eigenvalue weighted by atomic mass is 16.3. The number of ketones is 1. The lowest BCUT2D eigenvalue weighted by Gasteiger charge is -2.32. The van der Waals surface area contributed by atoms with E-state index in [1.807, 2.05) is 7.05 Å². The lowest BCUT2D eigenvalue weighted by Crippen LogP contribution is -2.43. The van der Waals surface area contributed by atoms with E-state index in [1.54, 1.807) is 0 Å². The Morgan fingerprint density at radius 2 is 2.13 bits per heavy atom. The first-order valence-electron chi connectivity index (χ1n) is 6.03. The van der Waals surface area contributed by atoms with Crippen LogP contribution in [0, 0.1) is 0 Å². The Kier molecular flexibility index (Phi) is 3.12. The Bertz CT molecular complexity index is 246. The molecule has 1 atom stereocenters. The first-order chi connectivity index (χ1) is 7.09. The van der Waals surface area contributed by atoms with Crippen molar-refractivity contribution in [2.45, 2.75) is 56.6 Å². The van der Waals surface area contributed by atoms with Crippen LogP contribution in [0.15, 0.2) is 0 Å². The van der Waals surface area contributed by atoms with E-state index in [0.29, 0.717) is 18.2 Å². The van der Waals surface area contributed by atoms with Crippen molar-refractivity contribution in [2.75, 3.05) is 13.6 Å². The van der Waals surface area contributed by atoms with Crippen molar-refractivity contribution in [3.63, 3.8) is 0 Å². The summed E-state index contributed by atoms with van der Waals surface area (Å²) in [5, 5.41) is 10.3. The summed E-state index contributed by atoms with van der Waals surface area (Å²) in [7, 11) is 2.04. The zero-order valence-electron chi connectivity index (χ0n) is 9.54. The molecule has 2 fully saturated rings. The largest absolute Gasteiger partial charge is 0.389 e. The molecule has 2 aliphatic carbocycles. The number of hydrogen-bond acceptors (Lipinski definition) is 3. The molecule has 0 amide bonds. The van der Waals surface area contributed by atoms with Gasteiger partial charge in [0.2, 0.25) is 0 Å². The summed E-state index contributed by atoms with van der Waals surface area (Å²) < 4.78 is 0. The fourth-order valence-electron chi connectivity index (χ4n) is 2.96. The summed E-state index contributed by atoms with van der Waals surface area (Å²) in [4.78, 5) is 13.4. The molecule has 2 rings (SSSR count). The van der Waals surface area contributed by atoms with Crippen molar-refractivity contribution in [3.8, 4) is 0 Å². The highest BCUT2D eigenvalue weighted by Crippen LogP contribution is 2.31. The van der Waals surface area contributed by atoms with Crippen LogP contribution in [0.1, 0.15) is 44.9 Å². The third kappa shape index (κ3) is 2.58. The Hall–Kier alpha value is -0.410. The molecule has 0 spiro atoms. The van der Waals surface area contributed by atoms with Crippen molar-refractivity contribution in [3.05, 3.63) is 0 Å². The molecule has 86 valence electrons. The minimum atomic E-state index is -0.472. The molecule has 0 aromatic carbocycles. The molecule has 0 aliphatic heterocycles. The SMILES string of the molecule is CN(CC1(O)CCCC1)C1CCC(=O)C1. The smallest absolute Gasteiger partial charge is 0.134 e. The first-order valence-corrected chi connectivity index (χ1v) is 6.03. The summed E-state index contributed by atoms with van der Waals surface area (Å²) in [6.07, 6.45) is 6.54. The van der Waals surface area contributed by atoms with Gasteiger partial charge in [-0.1, -0.05) is 12.8 Å². The van der Waals surface area contributed by atoms with E-state index in [9.17, 15) is 9.90 Å². The molecule has 1 N–H and O–H groups in total. The monoisotopic (exact) mass is 211 g/mol. The van der Waals surface area contributed by atoms with E-state index in [4.69, 9.17) is 0 Å². The maximum atomic E-state index is 11.2. The molecule has 15 heavy (non-hydrogen) atoms. The summed E-state index contributed by atoms with van der Waals surface area (Å²) in [5.74, 6) is 0.380. The second-order valence-electron chi connectivity index (χ2n) is 5.28. The van der Waals surface area contributed by atoms with Gasteiger partial charge < -0.3 is 10.0 Å². The molecular formula is C12H21NO2. The molecular weight excluding hydrogens is 190 g/mol. The second kappa shape index (κ2) is 4.22. The van der Waals surface area contributed by atoms with Crippen molar-refractivity contribution in [2.24, 2.45) is 0 Å². The summed E-state index contributed by atoms with van der Waals surface area (Å²) in [6, 6.07) is 0.377. The lowest BCUT2D eigenvalue weighted by atomic mass is 10.0. The van der Waals surface area contributed by atoms with Crippen LogP contribution < -0.4 is 0 Å². The van der Waals surface area contributed by atoms with Crippen LogP contribution in [0.5, 0.6) is 0 Å². The topological polar surface area (TPSA) is 40.5 Å². The summed E-state index contributed by atoms with van der Waals surface area (Å²) in [6.45, 7) is 0.741. The predicted octanol–water partition coefficient (Wildman–Crippen LogP) is 1.34. The van der Waals surface area contributed by atoms with Crippen LogP contribution in [0.4, 0.5) is 0 Å². The Morgan fingerprint density at radius 1 is 1.47 bits per heavy atom. The van der Waals surface area contributed by atoms with Crippen molar-refractivity contribution >= 4 is 5.78 Å². The first kappa shape index (κ1) is 11.1. The van der Waals surface area contributed by atoms with Gasteiger partial charge in [-0.25, -0.2) is 0 Å². The van der Waals surface area contributed by atoms with E-state index in [1.165, 1.54) is 0 Å². The van der Waals surface area contributed by atoms with Crippen LogP contribution in [0.2, 0.25) is 0 Å². The van der Waals surface area contributed by atoms with Gasteiger partial charge in [-0.3, -0.25) is 4.79 Å². The Balaban J connectivity index is 1.86. The van der Waals surface area contributed by atoms with E-state index in [0.717, 1.165) is 45.1 Å². The van der Waals surface area contributed by atoms with Gasteiger partial charge >= 0.3 is 0 Å².